The molecule has 1 atom stereocenters. The predicted molar refractivity (Wildman–Crippen MR) is 98.4 cm³/mol. The molecule has 1 rings (SSSR count). The van der Waals surface area contributed by atoms with Crippen molar-refractivity contribution in [3.8, 4) is 0 Å². The summed E-state index contributed by atoms with van der Waals surface area (Å²) in [6.07, 6.45) is 22.9. The molecule has 0 N–H and O–H groups in total. The van der Waals surface area contributed by atoms with Gasteiger partial charge in [-0.3, -0.25) is 4.79 Å². The van der Waals surface area contributed by atoms with Gasteiger partial charge < -0.3 is 4.74 Å². The minimum absolute atomic E-state index is 0.0763. The van der Waals surface area contributed by atoms with E-state index in [0.29, 0.717) is 12.3 Å². The Bertz CT molecular complexity index is 368. The Hall–Kier alpha value is -1.05. The maximum atomic E-state index is 11.0. The van der Waals surface area contributed by atoms with E-state index in [0.717, 1.165) is 12.8 Å². The number of rotatable bonds is 13. The van der Waals surface area contributed by atoms with Crippen molar-refractivity contribution in [3.63, 3.8) is 0 Å². The van der Waals surface area contributed by atoms with Crippen LogP contribution in [-0.4, -0.2) is 13.1 Å². The molecule has 0 unspecified atom stereocenters. The number of hydrogen-bond donors (Lipinski definition) is 0. The fraction of sp³-hybridized carbons (Fsp3) is 0.762. The first-order valence-corrected chi connectivity index (χ1v) is 9.70. The topological polar surface area (TPSA) is 26.3 Å². The summed E-state index contributed by atoms with van der Waals surface area (Å²) >= 11 is 0. The summed E-state index contributed by atoms with van der Waals surface area (Å²) in [5, 5.41) is 0. The average Bonchev–Trinajstić information content (AvgIpc) is 3.01. The van der Waals surface area contributed by atoms with E-state index in [-0.39, 0.29) is 5.97 Å². The fourth-order valence-electron chi connectivity index (χ4n) is 3.30. The third-order valence-corrected chi connectivity index (χ3v) is 4.78. The molecule has 2 nitrogen and oxygen atoms in total. The highest BCUT2D eigenvalue weighted by molar-refractivity contribution is 5.68. The largest absolute Gasteiger partial charge is 0.469 e. The van der Waals surface area contributed by atoms with Crippen molar-refractivity contribution in [2.24, 2.45) is 5.92 Å². The van der Waals surface area contributed by atoms with Gasteiger partial charge in [-0.25, -0.2) is 0 Å². The summed E-state index contributed by atoms with van der Waals surface area (Å²) in [5.74, 6) is 0.629. The Kier molecular flexibility index (Phi) is 11.6. The third-order valence-electron chi connectivity index (χ3n) is 4.78. The summed E-state index contributed by atoms with van der Waals surface area (Å²) in [4.78, 5) is 11.0. The van der Waals surface area contributed by atoms with Crippen molar-refractivity contribution in [1.82, 2.24) is 0 Å². The maximum absolute atomic E-state index is 11.0. The van der Waals surface area contributed by atoms with E-state index in [1.807, 2.05) is 0 Å². The number of esters is 1. The van der Waals surface area contributed by atoms with Crippen LogP contribution in [0.15, 0.2) is 23.8 Å². The second kappa shape index (κ2) is 13.4. The molecular weight excluding hydrogens is 284 g/mol. The molecule has 0 spiro atoms. The number of ether oxygens (including phenoxy) is 1. The average molecular weight is 321 g/mol. The van der Waals surface area contributed by atoms with E-state index in [4.69, 9.17) is 0 Å². The van der Waals surface area contributed by atoms with Crippen LogP contribution in [0.3, 0.4) is 0 Å². The van der Waals surface area contributed by atoms with E-state index in [1.165, 1.54) is 71.3 Å². The molecule has 2 heteroatoms. The summed E-state index contributed by atoms with van der Waals surface area (Å²) in [5.41, 5.74) is 1.66. The zero-order valence-electron chi connectivity index (χ0n) is 15.3. The quantitative estimate of drug-likeness (QED) is 0.224. The molecule has 23 heavy (non-hydrogen) atoms. The maximum Gasteiger partial charge on any atom is 0.305 e. The second-order valence-electron chi connectivity index (χ2n) is 6.73. The Labute approximate surface area is 143 Å². The number of unbranched alkanes of at least 4 members (excludes halogenated alkanes) is 7. The summed E-state index contributed by atoms with van der Waals surface area (Å²) < 4.78 is 4.66. The molecule has 132 valence electrons. The van der Waals surface area contributed by atoms with Gasteiger partial charge in [-0.15, -0.1) is 0 Å². The van der Waals surface area contributed by atoms with Gasteiger partial charge in [0.05, 0.1) is 7.11 Å². The van der Waals surface area contributed by atoms with Gasteiger partial charge in [0.15, 0.2) is 0 Å². The van der Waals surface area contributed by atoms with Crippen LogP contribution in [-0.2, 0) is 9.53 Å². The summed E-state index contributed by atoms with van der Waals surface area (Å²) in [6.45, 7) is 2.26. The third kappa shape index (κ3) is 9.63. The van der Waals surface area contributed by atoms with Gasteiger partial charge in [0.1, 0.15) is 0 Å². The van der Waals surface area contributed by atoms with E-state index >= 15 is 0 Å². The molecule has 0 heterocycles. The minimum atomic E-state index is -0.0763. The molecule has 0 radical (unpaired) electrons. The first-order chi connectivity index (χ1) is 11.3. The Morgan fingerprint density at radius 2 is 1.96 bits per heavy atom. The molecule has 1 aliphatic carbocycles. The van der Waals surface area contributed by atoms with Crippen LogP contribution in [0.4, 0.5) is 0 Å². The first kappa shape index (κ1) is 20.0. The minimum Gasteiger partial charge on any atom is -0.469 e. The van der Waals surface area contributed by atoms with Crippen LogP contribution < -0.4 is 0 Å². The molecule has 0 aromatic heterocycles. The van der Waals surface area contributed by atoms with Crippen molar-refractivity contribution in [1.29, 1.82) is 0 Å². The van der Waals surface area contributed by atoms with Gasteiger partial charge >= 0.3 is 5.97 Å². The van der Waals surface area contributed by atoms with Crippen molar-refractivity contribution in [2.75, 3.05) is 7.11 Å². The number of carbonyl (C=O) groups is 1. The van der Waals surface area contributed by atoms with E-state index in [2.05, 4.69) is 29.9 Å². The van der Waals surface area contributed by atoms with Crippen LogP contribution in [0.5, 0.6) is 0 Å². The lowest BCUT2D eigenvalue weighted by Crippen LogP contribution is -1.99. The van der Waals surface area contributed by atoms with Crippen molar-refractivity contribution < 1.29 is 9.53 Å². The lowest BCUT2D eigenvalue weighted by atomic mass is 9.95. The van der Waals surface area contributed by atoms with Gasteiger partial charge in [0.2, 0.25) is 0 Å². The van der Waals surface area contributed by atoms with Gasteiger partial charge in [-0.05, 0) is 50.9 Å². The zero-order valence-corrected chi connectivity index (χ0v) is 15.3. The molecule has 0 aliphatic heterocycles. The highest BCUT2D eigenvalue weighted by Crippen LogP contribution is 2.31. The van der Waals surface area contributed by atoms with Crippen molar-refractivity contribution in [2.45, 2.75) is 90.4 Å². The van der Waals surface area contributed by atoms with Crippen LogP contribution in [0.1, 0.15) is 90.4 Å². The van der Waals surface area contributed by atoms with E-state index in [1.54, 1.807) is 5.57 Å². The van der Waals surface area contributed by atoms with Crippen LogP contribution in [0.25, 0.3) is 0 Å². The number of hydrogen-bond acceptors (Lipinski definition) is 2. The van der Waals surface area contributed by atoms with E-state index < -0.39 is 0 Å². The molecule has 0 amide bonds. The summed E-state index contributed by atoms with van der Waals surface area (Å²) in [7, 11) is 1.46. The molecule has 0 saturated heterocycles. The molecule has 0 fully saturated rings. The van der Waals surface area contributed by atoms with Gasteiger partial charge in [-0.1, -0.05) is 62.8 Å². The molecular formula is C21H36O2. The van der Waals surface area contributed by atoms with Crippen molar-refractivity contribution >= 4 is 5.97 Å². The second-order valence-corrected chi connectivity index (χ2v) is 6.73. The van der Waals surface area contributed by atoms with Crippen LogP contribution in [0, 0.1) is 5.92 Å². The number of carbonyl (C=O) groups excluding carboxylic acids is 1. The lowest BCUT2D eigenvalue weighted by molar-refractivity contribution is -0.140. The van der Waals surface area contributed by atoms with Crippen LogP contribution in [0.2, 0.25) is 0 Å². The van der Waals surface area contributed by atoms with Gasteiger partial charge in [0, 0.05) is 6.42 Å². The molecule has 0 aromatic carbocycles. The molecule has 0 bridgehead atoms. The fourth-order valence-corrected chi connectivity index (χ4v) is 3.30. The van der Waals surface area contributed by atoms with Gasteiger partial charge in [0.25, 0.3) is 0 Å². The number of allylic oxidation sites excluding steroid dienone is 4. The van der Waals surface area contributed by atoms with Crippen molar-refractivity contribution in [3.05, 3.63) is 23.8 Å². The Balaban J connectivity index is 2.08. The first-order valence-electron chi connectivity index (χ1n) is 9.70. The molecule has 1 aliphatic rings. The SMILES string of the molecule is CCCCCCC=C[C@H]1CCC=C1CCCCCCC(=O)OC. The predicted octanol–water partition coefficient (Wildman–Crippen LogP) is 6.36. The van der Waals surface area contributed by atoms with E-state index in [9.17, 15) is 4.79 Å². The normalized spacial score (nSPS) is 17.7. The Morgan fingerprint density at radius 3 is 2.74 bits per heavy atom. The highest BCUT2D eigenvalue weighted by Gasteiger charge is 2.15. The standard InChI is InChI=1S/C21H36O2/c1-3-4-5-6-7-10-14-19-16-13-17-20(19)15-11-8-9-12-18-21(22)23-2/h10,14,17,19H,3-9,11-13,15-16,18H2,1-2H3/t19-/m0/s1. The lowest BCUT2D eigenvalue weighted by Gasteiger charge is -2.10. The van der Waals surface area contributed by atoms with Crippen LogP contribution >= 0.6 is 0 Å². The monoisotopic (exact) mass is 320 g/mol. The van der Waals surface area contributed by atoms with Gasteiger partial charge in [-0.2, -0.15) is 0 Å². The smallest absolute Gasteiger partial charge is 0.305 e. The molecule has 0 aromatic rings. The zero-order chi connectivity index (χ0) is 16.8. The summed E-state index contributed by atoms with van der Waals surface area (Å²) in [6, 6.07) is 0. The Morgan fingerprint density at radius 1 is 1.17 bits per heavy atom. The highest BCUT2D eigenvalue weighted by atomic mass is 16.5. The number of methoxy groups -OCH3 is 1. The molecule has 0 saturated carbocycles.